The standard InChI is InChI=1S/C26H30N10O/c1-35-22(10-12-29-35)23-20-14-18(31-33-25(20)30-24(23)17-8-9-17)6-3-5-13-36-16-21(32-34-36)26(37)28-15-19-7-2-4-11-27-19/h2,4,7,10-12,14,16-17,32,34H,3,5-6,8-9,13,15H2,1H3,(H,28,37)(H,30,33). The van der Waals surface area contributed by atoms with E-state index in [0.29, 0.717) is 18.2 Å². The van der Waals surface area contributed by atoms with Gasteiger partial charge in [-0.25, -0.2) is 0 Å². The van der Waals surface area contributed by atoms with Gasteiger partial charge in [-0.15, -0.1) is 10.6 Å². The van der Waals surface area contributed by atoms with Crippen LogP contribution in [0.25, 0.3) is 22.3 Å². The number of amides is 1. The van der Waals surface area contributed by atoms with Gasteiger partial charge in [0.2, 0.25) is 0 Å². The number of nitrogens with zero attached hydrogens (tertiary/aromatic N) is 6. The molecule has 4 aromatic heterocycles. The summed E-state index contributed by atoms with van der Waals surface area (Å²) in [5.41, 5.74) is 12.6. The van der Waals surface area contributed by atoms with Crippen molar-refractivity contribution in [2.45, 2.75) is 44.6 Å². The number of aromatic nitrogens is 6. The molecule has 1 fully saturated rings. The van der Waals surface area contributed by atoms with Crippen LogP contribution in [0.15, 0.2) is 54.6 Å². The average Bonchev–Trinajstić information content (AvgIpc) is 3.32. The van der Waals surface area contributed by atoms with E-state index in [2.05, 4.69) is 53.7 Å². The molecule has 0 saturated heterocycles. The molecule has 2 aliphatic rings. The minimum Gasteiger partial charge on any atom is -0.345 e. The van der Waals surface area contributed by atoms with E-state index in [1.165, 1.54) is 24.1 Å². The Balaban J connectivity index is 1.04. The summed E-state index contributed by atoms with van der Waals surface area (Å²) >= 11 is 0. The number of carbonyl (C=O) groups is 1. The lowest BCUT2D eigenvalue weighted by molar-refractivity contribution is -0.118. The molecule has 11 heteroatoms. The summed E-state index contributed by atoms with van der Waals surface area (Å²) in [6.45, 7) is 1.14. The highest BCUT2D eigenvalue weighted by Crippen LogP contribution is 2.46. The predicted octanol–water partition coefficient (Wildman–Crippen LogP) is 2.44. The van der Waals surface area contributed by atoms with Gasteiger partial charge in [0.05, 0.1) is 23.6 Å². The maximum Gasteiger partial charge on any atom is 0.270 e. The smallest absolute Gasteiger partial charge is 0.270 e. The fourth-order valence-electron chi connectivity index (χ4n) is 4.69. The molecule has 0 aromatic carbocycles. The molecule has 5 heterocycles. The van der Waals surface area contributed by atoms with Crippen molar-refractivity contribution >= 4 is 16.9 Å². The van der Waals surface area contributed by atoms with Crippen LogP contribution in [0.3, 0.4) is 0 Å². The molecule has 11 nitrogen and oxygen atoms in total. The van der Waals surface area contributed by atoms with Crippen molar-refractivity contribution in [1.29, 1.82) is 0 Å². The quantitative estimate of drug-likeness (QED) is 0.246. The molecule has 4 aromatic rings. The van der Waals surface area contributed by atoms with E-state index in [1.54, 1.807) is 12.4 Å². The minimum absolute atomic E-state index is 0.175. The zero-order valence-electron chi connectivity index (χ0n) is 20.7. The molecule has 190 valence electrons. The number of aryl methyl sites for hydroxylation is 2. The molecule has 1 amide bonds. The fourth-order valence-corrected chi connectivity index (χ4v) is 4.69. The van der Waals surface area contributed by atoms with Crippen LogP contribution < -0.4 is 16.3 Å². The Morgan fingerprint density at radius 2 is 2.05 bits per heavy atom. The van der Waals surface area contributed by atoms with Crippen LogP contribution >= 0.6 is 0 Å². The van der Waals surface area contributed by atoms with E-state index in [9.17, 15) is 4.79 Å². The topological polar surface area (TPSA) is 129 Å². The Kier molecular flexibility index (Phi) is 6.27. The summed E-state index contributed by atoms with van der Waals surface area (Å²) in [7, 11) is 1.98. The summed E-state index contributed by atoms with van der Waals surface area (Å²) in [5.74, 6) is 0.393. The number of pyridine rings is 1. The lowest BCUT2D eigenvalue weighted by Gasteiger charge is -2.14. The van der Waals surface area contributed by atoms with Crippen molar-refractivity contribution in [2.75, 3.05) is 6.54 Å². The number of unbranched alkanes of at least 4 members (excludes halogenated alkanes) is 1. The molecule has 1 aliphatic carbocycles. The number of rotatable bonds is 10. The fraction of sp³-hybridized carbons (Fsp3) is 0.346. The largest absolute Gasteiger partial charge is 0.345 e. The van der Waals surface area contributed by atoms with E-state index >= 15 is 0 Å². The maximum atomic E-state index is 12.4. The zero-order valence-corrected chi connectivity index (χ0v) is 20.7. The lowest BCUT2D eigenvalue weighted by Crippen LogP contribution is -2.39. The number of carbonyl (C=O) groups excluding carboxylic acids is 1. The van der Waals surface area contributed by atoms with Crippen LogP contribution in [0.2, 0.25) is 0 Å². The number of aromatic amines is 1. The van der Waals surface area contributed by atoms with Crippen LogP contribution in [0.4, 0.5) is 0 Å². The minimum atomic E-state index is -0.175. The van der Waals surface area contributed by atoms with Gasteiger partial charge in [0.1, 0.15) is 5.70 Å². The molecule has 0 spiro atoms. The molecular formula is C26H30N10O. The monoisotopic (exact) mass is 498 g/mol. The number of nitrogens with one attached hydrogen (secondary N) is 4. The third kappa shape index (κ3) is 5.03. The molecule has 1 saturated carbocycles. The van der Waals surface area contributed by atoms with Crippen LogP contribution in [0.1, 0.15) is 48.7 Å². The summed E-state index contributed by atoms with van der Waals surface area (Å²) in [5, 5.41) is 19.2. The second-order valence-corrected chi connectivity index (χ2v) is 9.56. The van der Waals surface area contributed by atoms with Gasteiger partial charge in [0, 0.05) is 48.8 Å². The average molecular weight is 499 g/mol. The van der Waals surface area contributed by atoms with Crippen LogP contribution in [-0.4, -0.2) is 47.4 Å². The van der Waals surface area contributed by atoms with Gasteiger partial charge in [-0.3, -0.25) is 24.9 Å². The Morgan fingerprint density at radius 1 is 1.14 bits per heavy atom. The number of H-pyrrole nitrogens is 1. The molecule has 0 unspecified atom stereocenters. The van der Waals surface area contributed by atoms with E-state index in [-0.39, 0.29) is 5.91 Å². The lowest BCUT2D eigenvalue weighted by atomic mass is 10.0. The number of hydrogen-bond acceptors (Lipinski definition) is 8. The maximum absolute atomic E-state index is 12.4. The van der Waals surface area contributed by atoms with Crippen molar-refractivity contribution in [2.24, 2.45) is 7.05 Å². The van der Waals surface area contributed by atoms with E-state index in [4.69, 9.17) is 0 Å². The predicted molar refractivity (Wildman–Crippen MR) is 138 cm³/mol. The third-order valence-corrected chi connectivity index (χ3v) is 6.80. The summed E-state index contributed by atoms with van der Waals surface area (Å²) in [6, 6.07) is 9.87. The van der Waals surface area contributed by atoms with Crippen molar-refractivity contribution in [3.63, 3.8) is 0 Å². The van der Waals surface area contributed by atoms with Gasteiger partial charge in [-0.1, -0.05) is 6.07 Å². The van der Waals surface area contributed by atoms with E-state index < -0.39 is 0 Å². The van der Waals surface area contributed by atoms with Crippen molar-refractivity contribution in [3.8, 4) is 11.3 Å². The first-order valence-electron chi connectivity index (χ1n) is 12.7. The van der Waals surface area contributed by atoms with Gasteiger partial charge in [0.15, 0.2) is 5.65 Å². The molecule has 1 aliphatic heterocycles. The Morgan fingerprint density at radius 3 is 2.84 bits per heavy atom. The highest BCUT2D eigenvalue weighted by atomic mass is 16.2. The van der Waals surface area contributed by atoms with Crippen LogP contribution in [0, 0.1) is 0 Å². The number of fused-ring (bicyclic) bond motifs is 1. The molecule has 4 N–H and O–H groups in total. The van der Waals surface area contributed by atoms with Crippen molar-refractivity contribution in [1.82, 2.24) is 51.2 Å². The highest BCUT2D eigenvalue weighted by molar-refractivity contribution is 5.95. The Hall–Kier alpha value is -4.25. The molecular weight excluding hydrogens is 468 g/mol. The summed E-state index contributed by atoms with van der Waals surface area (Å²) < 4.78 is 1.92. The third-order valence-electron chi connectivity index (χ3n) is 6.80. The molecule has 0 radical (unpaired) electrons. The van der Waals surface area contributed by atoms with Crippen molar-refractivity contribution in [3.05, 3.63) is 71.7 Å². The van der Waals surface area contributed by atoms with Gasteiger partial charge < -0.3 is 10.3 Å². The molecule has 0 bridgehead atoms. The number of hydrogen-bond donors (Lipinski definition) is 4. The first kappa shape index (κ1) is 23.2. The molecule has 6 rings (SSSR count). The SMILES string of the molecule is Cn1nccc1-c1c(C2CC2)[nH]c2nnc(CCCCN3C=C(C(=O)NCc4ccccn4)NN3)cc12. The second-order valence-electron chi connectivity index (χ2n) is 9.56. The Labute approximate surface area is 214 Å². The van der Waals surface area contributed by atoms with Crippen LogP contribution in [-0.2, 0) is 24.8 Å². The van der Waals surface area contributed by atoms with Crippen molar-refractivity contribution < 1.29 is 4.79 Å². The first-order chi connectivity index (χ1) is 18.2. The van der Waals surface area contributed by atoms with Gasteiger partial charge in [0.25, 0.3) is 5.91 Å². The van der Waals surface area contributed by atoms with Gasteiger partial charge in [-0.05, 0) is 62.3 Å². The normalized spacial score (nSPS) is 15.2. The van der Waals surface area contributed by atoms with Crippen LogP contribution in [0.5, 0.6) is 0 Å². The van der Waals surface area contributed by atoms with Gasteiger partial charge >= 0.3 is 0 Å². The molecule has 37 heavy (non-hydrogen) atoms. The summed E-state index contributed by atoms with van der Waals surface area (Å²) in [4.78, 5) is 20.2. The second kappa shape index (κ2) is 10.0. The van der Waals surface area contributed by atoms with E-state index in [1.807, 2.05) is 41.1 Å². The number of hydrazine groups is 2. The zero-order chi connectivity index (χ0) is 25.2. The van der Waals surface area contributed by atoms with E-state index in [0.717, 1.165) is 53.9 Å². The Bertz CT molecular complexity index is 1440. The first-order valence-corrected chi connectivity index (χ1v) is 12.7. The highest BCUT2D eigenvalue weighted by Gasteiger charge is 2.31. The summed E-state index contributed by atoms with van der Waals surface area (Å²) in [6.07, 6.45) is 10.5. The molecule has 0 atom stereocenters. The van der Waals surface area contributed by atoms with Gasteiger partial charge in [-0.2, -0.15) is 10.2 Å².